The molecule has 3 nitrogen and oxygen atoms in total. The standard InChI is InChI=1S/C14H18BrN3/c1-11(8-12-2-4-13(15)5-3-12)17-7-6-14-9-16-10-18-14/h2-5,9-11,17H,6-8H2,1H3,(H,16,18). The molecule has 1 heterocycles. The van der Waals surface area contributed by atoms with E-state index in [0.717, 1.165) is 23.9 Å². The van der Waals surface area contributed by atoms with Crippen LogP contribution in [0, 0.1) is 0 Å². The van der Waals surface area contributed by atoms with E-state index < -0.39 is 0 Å². The van der Waals surface area contributed by atoms with Crippen molar-refractivity contribution in [3.63, 3.8) is 0 Å². The topological polar surface area (TPSA) is 40.7 Å². The van der Waals surface area contributed by atoms with Gasteiger partial charge in [-0.05, 0) is 31.0 Å². The molecule has 18 heavy (non-hydrogen) atoms. The molecule has 96 valence electrons. The first-order valence-electron chi connectivity index (χ1n) is 6.19. The number of halogens is 1. The maximum Gasteiger partial charge on any atom is 0.0921 e. The number of imidazole rings is 1. The van der Waals surface area contributed by atoms with Crippen molar-refractivity contribution in [1.29, 1.82) is 0 Å². The molecule has 0 saturated carbocycles. The average molecular weight is 308 g/mol. The molecule has 1 aromatic heterocycles. The van der Waals surface area contributed by atoms with Crippen LogP contribution in [0.25, 0.3) is 0 Å². The maximum atomic E-state index is 4.01. The van der Waals surface area contributed by atoms with E-state index in [1.807, 2.05) is 6.20 Å². The van der Waals surface area contributed by atoms with Gasteiger partial charge in [0, 0.05) is 35.4 Å². The molecule has 2 aromatic rings. The summed E-state index contributed by atoms with van der Waals surface area (Å²) in [7, 11) is 0. The second kappa shape index (κ2) is 6.71. The van der Waals surface area contributed by atoms with Gasteiger partial charge in [-0.2, -0.15) is 0 Å². The number of nitrogens with zero attached hydrogens (tertiary/aromatic N) is 1. The predicted molar refractivity (Wildman–Crippen MR) is 77.6 cm³/mol. The third-order valence-electron chi connectivity index (χ3n) is 2.90. The van der Waals surface area contributed by atoms with Crippen LogP contribution >= 0.6 is 15.9 Å². The molecule has 0 aliphatic carbocycles. The van der Waals surface area contributed by atoms with E-state index in [9.17, 15) is 0 Å². The highest BCUT2D eigenvalue weighted by molar-refractivity contribution is 9.10. The minimum Gasteiger partial charge on any atom is -0.348 e. The van der Waals surface area contributed by atoms with Crippen molar-refractivity contribution in [2.45, 2.75) is 25.8 Å². The Labute approximate surface area is 116 Å². The second-order valence-corrected chi connectivity index (χ2v) is 5.43. The molecule has 1 aromatic carbocycles. The summed E-state index contributed by atoms with van der Waals surface area (Å²) < 4.78 is 1.13. The number of benzene rings is 1. The Morgan fingerprint density at radius 1 is 1.33 bits per heavy atom. The minimum absolute atomic E-state index is 0.481. The molecule has 0 aliphatic heterocycles. The SMILES string of the molecule is CC(Cc1ccc(Br)cc1)NCCc1cnc[nH]1. The highest BCUT2D eigenvalue weighted by atomic mass is 79.9. The first kappa shape index (κ1) is 13.3. The number of hydrogen-bond donors (Lipinski definition) is 2. The largest absolute Gasteiger partial charge is 0.348 e. The van der Waals surface area contributed by atoms with Crippen LogP contribution in [0.1, 0.15) is 18.2 Å². The summed E-state index contributed by atoms with van der Waals surface area (Å²) in [6.45, 7) is 3.19. The van der Waals surface area contributed by atoms with Crippen LogP contribution in [0.15, 0.2) is 41.3 Å². The molecule has 2 rings (SSSR count). The fourth-order valence-corrected chi connectivity index (χ4v) is 2.19. The van der Waals surface area contributed by atoms with Crippen molar-refractivity contribution in [2.75, 3.05) is 6.54 Å². The van der Waals surface area contributed by atoms with E-state index in [0.29, 0.717) is 6.04 Å². The third-order valence-corrected chi connectivity index (χ3v) is 3.43. The molecule has 4 heteroatoms. The van der Waals surface area contributed by atoms with Crippen LogP contribution in [-0.4, -0.2) is 22.6 Å². The zero-order valence-electron chi connectivity index (χ0n) is 10.5. The summed E-state index contributed by atoms with van der Waals surface area (Å²) in [6, 6.07) is 8.99. The summed E-state index contributed by atoms with van der Waals surface area (Å²) in [5.41, 5.74) is 2.54. The van der Waals surface area contributed by atoms with Crippen molar-refractivity contribution < 1.29 is 0 Å². The highest BCUT2D eigenvalue weighted by Gasteiger charge is 2.03. The fourth-order valence-electron chi connectivity index (χ4n) is 1.92. The molecular formula is C14H18BrN3. The van der Waals surface area contributed by atoms with Gasteiger partial charge in [0.05, 0.1) is 6.33 Å². The molecule has 1 atom stereocenters. The van der Waals surface area contributed by atoms with Crippen LogP contribution in [0.3, 0.4) is 0 Å². The predicted octanol–water partition coefficient (Wildman–Crippen LogP) is 2.94. The lowest BCUT2D eigenvalue weighted by atomic mass is 10.1. The Bertz CT molecular complexity index is 450. The minimum atomic E-state index is 0.481. The van der Waals surface area contributed by atoms with Crippen molar-refractivity contribution in [3.05, 3.63) is 52.5 Å². The van der Waals surface area contributed by atoms with Gasteiger partial charge in [-0.3, -0.25) is 0 Å². The van der Waals surface area contributed by atoms with Crippen molar-refractivity contribution in [2.24, 2.45) is 0 Å². The molecule has 0 spiro atoms. The molecule has 0 radical (unpaired) electrons. The van der Waals surface area contributed by atoms with Gasteiger partial charge in [-0.15, -0.1) is 0 Å². The Morgan fingerprint density at radius 3 is 2.78 bits per heavy atom. The van der Waals surface area contributed by atoms with E-state index in [-0.39, 0.29) is 0 Å². The van der Waals surface area contributed by atoms with Crippen molar-refractivity contribution >= 4 is 15.9 Å². The van der Waals surface area contributed by atoms with Crippen LogP contribution in [0.5, 0.6) is 0 Å². The Kier molecular flexibility index (Phi) is 4.96. The zero-order valence-corrected chi connectivity index (χ0v) is 12.1. The molecule has 0 bridgehead atoms. The number of aromatic amines is 1. The summed E-state index contributed by atoms with van der Waals surface area (Å²) in [4.78, 5) is 7.12. The van der Waals surface area contributed by atoms with Crippen LogP contribution in [0.4, 0.5) is 0 Å². The molecule has 0 amide bonds. The summed E-state index contributed by atoms with van der Waals surface area (Å²) in [5.74, 6) is 0. The number of aromatic nitrogens is 2. The van der Waals surface area contributed by atoms with Crippen LogP contribution < -0.4 is 5.32 Å². The summed E-state index contributed by atoms with van der Waals surface area (Å²) >= 11 is 3.45. The smallest absolute Gasteiger partial charge is 0.0921 e. The van der Waals surface area contributed by atoms with Gasteiger partial charge in [-0.25, -0.2) is 4.98 Å². The molecule has 0 fully saturated rings. The Morgan fingerprint density at radius 2 is 2.11 bits per heavy atom. The molecular weight excluding hydrogens is 290 g/mol. The zero-order chi connectivity index (χ0) is 12.8. The summed E-state index contributed by atoms with van der Waals surface area (Å²) in [5, 5.41) is 3.52. The molecule has 2 N–H and O–H groups in total. The van der Waals surface area contributed by atoms with E-state index in [4.69, 9.17) is 0 Å². The first-order valence-corrected chi connectivity index (χ1v) is 6.98. The van der Waals surface area contributed by atoms with E-state index in [1.165, 1.54) is 11.3 Å². The quantitative estimate of drug-likeness (QED) is 0.861. The first-order chi connectivity index (χ1) is 8.74. The molecule has 0 saturated heterocycles. The molecule has 1 unspecified atom stereocenters. The summed E-state index contributed by atoms with van der Waals surface area (Å²) in [6.07, 6.45) is 5.64. The highest BCUT2D eigenvalue weighted by Crippen LogP contribution is 2.11. The number of hydrogen-bond acceptors (Lipinski definition) is 2. The van der Waals surface area contributed by atoms with Gasteiger partial charge in [0.15, 0.2) is 0 Å². The van der Waals surface area contributed by atoms with E-state index >= 15 is 0 Å². The maximum absolute atomic E-state index is 4.01. The normalized spacial score (nSPS) is 12.6. The average Bonchev–Trinajstić information content (AvgIpc) is 2.85. The lowest BCUT2D eigenvalue weighted by molar-refractivity contribution is 0.546. The lowest BCUT2D eigenvalue weighted by Crippen LogP contribution is -2.30. The van der Waals surface area contributed by atoms with E-state index in [1.54, 1.807) is 6.33 Å². The Hall–Kier alpha value is -1.13. The van der Waals surface area contributed by atoms with Gasteiger partial charge in [0.2, 0.25) is 0 Å². The van der Waals surface area contributed by atoms with Gasteiger partial charge < -0.3 is 10.3 Å². The monoisotopic (exact) mass is 307 g/mol. The number of nitrogens with one attached hydrogen (secondary N) is 2. The van der Waals surface area contributed by atoms with Gasteiger partial charge in [-0.1, -0.05) is 28.1 Å². The lowest BCUT2D eigenvalue weighted by Gasteiger charge is -2.13. The van der Waals surface area contributed by atoms with Crippen LogP contribution in [0.2, 0.25) is 0 Å². The van der Waals surface area contributed by atoms with Gasteiger partial charge in [0.1, 0.15) is 0 Å². The van der Waals surface area contributed by atoms with Gasteiger partial charge in [0.25, 0.3) is 0 Å². The van der Waals surface area contributed by atoms with Crippen molar-refractivity contribution in [3.8, 4) is 0 Å². The van der Waals surface area contributed by atoms with Gasteiger partial charge >= 0.3 is 0 Å². The van der Waals surface area contributed by atoms with E-state index in [2.05, 4.69) is 62.4 Å². The number of H-pyrrole nitrogens is 1. The fraction of sp³-hybridized carbons (Fsp3) is 0.357. The second-order valence-electron chi connectivity index (χ2n) is 4.51. The number of rotatable bonds is 6. The Balaban J connectivity index is 1.71. The van der Waals surface area contributed by atoms with Crippen molar-refractivity contribution in [1.82, 2.24) is 15.3 Å². The van der Waals surface area contributed by atoms with Crippen LogP contribution in [-0.2, 0) is 12.8 Å². The third kappa shape index (κ3) is 4.27. The molecule has 0 aliphatic rings.